The normalized spacial score (nSPS) is 14.9. The SMILES string of the molecule is CN1CCN(Cc2ccc(NC(=O)Cc3cccc(C#Cc4cnc(N)nc4-c4cc5c(n4C)CCNC5=O)c3)cc2C(F)(F)F)C(=O)C1. The van der Waals surface area contributed by atoms with Gasteiger partial charge in [-0.15, -0.1) is 0 Å². The zero-order chi connectivity index (χ0) is 34.9. The van der Waals surface area contributed by atoms with Crippen molar-refractivity contribution >= 4 is 29.4 Å². The van der Waals surface area contributed by atoms with Crippen molar-refractivity contribution in [3.8, 4) is 23.2 Å². The monoisotopic (exact) mass is 670 g/mol. The number of nitrogens with two attached hydrogens (primary N) is 1. The van der Waals surface area contributed by atoms with Gasteiger partial charge in [-0.05, 0) is 48.5 Å². The third kappa shape index (κ3) is 7.42. The summed E-state index contributed by atoms with van der Waals surface area (Å²) in [5.74, 6) is 5.29. The van der Waals surface area contributed by atoms with Crippen molar-refractivity contribution in [2.45, 2.75) is 25.6 Å². The second-order valence-electron chi connectivity index (χ2n) is 12.0. The summed E-state index contributed by atoms with van der Waals surface area (Å²) >= 11 is 0. The number of rotatable bonds is 6. The first-order valence-corrected chi connectivity index (χ1v) is 15.5. The fourth-order valence-corrected chi connectivity index (χ4v) is 5.99. The van der Waals surface area contributed by atoms with Crippen LogP contribution in [0.1, 0.15) is 43.9 Å². The average Bonchev–Trinajstić information content (AvgIpc) is 3.39. The number of halogens is 3. The molecule has 11 nitrogen and oxygen atoms in total. The molecule has 2 aliphatic heterocycles. The second kappa shape index (κ2) is 13.4. The van der Waals surface area contributed by atoms with Crippen LogP contribution in [0.3, 0.4) is 0 Å². The number of nitrogen functional groups attached to an aromatic ring is 1. The van der Waals surface area contributed by atoms with Gasteiger partial charge in [-0.25, -0.2) is 9.97 Å². The summed E-state index contributed by atoms with van der Waals surface area (Å²) < 4.78 is 44.0. The van der Waals surface area contributed by atoms with Crippen molar-refractivity contribution in [1.29, 1.82) is 0 Å². The van der Waals surface area contributed by atoms with Crippen LogP contribution in [0.25, 0.3) is 11.4 Å². The molecule has 0 atom stereocenters. The molecule has 0 radical (unpaired) electrons. The molecule has 4 heterocycles. The minimum Gasteiger partial charge on any atom is -0.368 e. The zero-order valence-corrected chi connectivity index (χ0v) is 26.8. The number of amides is 3. The maximum Gasteiger partial charge on any atom is 0.416 e. The molecule has 0 bridgehead atoms. The van der Waals surface area contributed by atoms with E-state index in [1.54, 1.807) is 37.4 Å². The number of hydrogen-bond acceptors (Lipinski definition) is 7. The van der Waals surface area contributed by atoms with Crippen LogP contribution in [-0.4, -0.2) is 75.3 Å². The molecule has 4 N–H and O–H groups in total. The summed E-state index contributed by atoms with van der Waals surface area (Å²) in [6, 6.07) is 12.3. The number of carbonyl (C=O) groups excluding carboxylic acids is 3. The van der Waals surface area contributed by atoms with E-state index < -0.39 is 17.6 Å². The highest BCUT2D eigenvalue weighted by Gasteiger charge is 2.35. The Morgan fingerprint density at radius 3 is 2.65 bits per heavy atom. The predicted molar refractivity (Wildman–Crippen MR) is 176 cm³/mol. The van der Waals surface area contributed by atoms with Crippen molar-refractivity contribution in [2.24, 2.45) is 7.05 Å². The van der Waals surface area contributed by atoms with Gasteiger partial charge >= 0.3 is 6.18 Å². The molecule has 6 rings (SSSR count). The minimum atomic E-state index is -4.68. The van der Waals surface area contributed by atoms with Crippen LogP contribution in [0.4, 0.5) is 24.8 Å². The Morgan fingerprint density at radius 1 is 1.08 bits per heavy atom. The molecular weight excluding hydrogens is 637 g/mol. The number of likely N-dealkylation sites (N-methyl/N-ethyl adjacent to an activating group) is 1. The van der Waals surface area contributed by atoms with Gasteiger partial charge in [-0.1, -0.05) is 30.0 Å². The molecule has 252 valence electrons. The number of hydrogen-bond donors (Lipinski definition) is 3. The fraction of sp³-hybridized carbons (Fsp3) is 0.286. The van der Waals surface area contributed by atoms with E-state index in [9.17, 15) is 27.6 Å². The Labute approximate surface area is 280 Å². The van der Waals surface area contributed by atoms with Crippen LogP contribution in [0, 0.1) is 11.8 Å². The van der Waals surface area contributed by atoms with Crippen LogP contribution in [0.15, 0.2) is 54.7 Å². The molecule has 0 unspecified atom stereocenters. The van der Waals surface area contributed by atoms with Gasteiger partial charge < -0.3 is 25.8 Å². The van der Waals surface area contributed by atoms with Crippen LogP contribution >= 0.6 is 0 Å². The van der Waals surface area contributed by atoms with Gasteiger partial charge in [0, 0.05) is 62.8 Å². The van der Waals surface area contributed by atoms with E-state index in [1.165, 1.54) is 23.2 Å². The third-order valence-corrected chi connectivity index (χ3v) is 8.50. The number of carbonyl (C=O) groups is 3. The Bertz CT molecular complexity index is 2030. The predicted octanol–water partition coefficient (Wildman–Crippen LogP) is 3.22. The number of fused-ring (bicyclic) bond motifs is 1. The topological polar surface area (TPSA) is 138 Å². The van der Waals surface area contributed by atoms with Gasteiger partial charge in [-0.3, -0.25) is 19.3 Å². The van der Waals surface area contributed by atoms with Crippen molar-refractivity contribution in [1.82, 2.24) is 29.7 Å². The number of benzene rings is 2. The number of nitrogens with zero attached hydrogens (tertiary/aromatic N) is 5. The Hall–Kier alpha value is -5.68. The van der Waals surface area contributed by atoms with Crippen molar-refractivity contribution < 1.29 is 27.6 Å². The van der Waals surface area contributed by atoms with Gasteiger partial charge in [-0.2, -0.15) is 13.2 Å². The number of aromatic nitrogens is 3. The van der Waals surface area contributed by atoms with E-state index >= 15 is 0 Å². The first-order valence-electron chi connectivity index (χ1n) is 15.5. The van der Waals surface area contributed by atoms with Gasteiger partial charge in [0.2, 0.25) is 17.8 Å². The lowest BCUT2D eigenvalue weighted by Crippen LogP contribution is -2.48. The van der Waals surface area contributed by atoms with E-state index in [0.29, 0.717) is 59.7 Å². The lowest BCUT2D eigenvalue weighted by molar-refractivity contribution is -0.141. The maximum atomic E-state index is 14.0. The third-order valence-electron chi connectivity index (χ3n) is 8.50. The molecule has 2 aromatic carbocycles. The van der Waals surface area contributed by atoms with Crippen LogP contribution in [-0.2, 0) is 42.2 Å². The lowest BCUT2D eigenvalue weighted by atomic mass is 10.0. The largest absolute Gasteiger partial charge is 0.416 e. The summed E-state index contributed by atoms with van der Waals surface area (Å²) in [6.07, 6.45) is -2.60. The molecule has 14 heteroatoms. The highest BCUT2D eigenvalue weighted by molar-refractivity contribution is 5.98. The molecule has 4 aromatic rings. The molecule has 0 spiro atoms. The van der Waals surface area contributed by atoms with Crippen LogP contribution in [0.2, 0.25) is 0 Å². The fourth-order valence-electron chi connectivity index (χ4n) is 5.99. The summed E-state index contributed by atoms with van der Waals surface area (Å²) in [7, 11) is 3.64. The molecule has 49 heavy (non-hydrogen) atoms. The molecule has 0 saturated carbocycles. The van der Waals surface area contributed by atoms with Crippen molar-refractivity contribution in [3.05, 3.63) is 93.8 Å². The summed E-state index contributed by atoms with van der Waals surface area (Å²) in [4.78, 5) is 49.4. The summed E-state index contributed by atoms with van der Waals surface area (Å²) in [5, 5.41) is 5.40. The van der Waals surface area contributed by atoms with E-state index in [4.69, 9.17) is 5.73 Å². The van der Waals surface area contributed by atoms with E-state index in [0.717, 1.165) is 11.8 Å². The van der Waals surface area contributed by atoms with E-state index in [1.807, 2.05) is 16.5 Å². The summed E-state index contributed by atoms with van der Waals surface area (Å²) in [6.45, 7) is 1.42. The standard InChI is InChI=1S/C35H33F3N8O3/c1-44-12-13-46(31(48)20-44)19-24-8-9-25(16-27(24)35(36,37)38)42-30(47)15-22-5-3-4-21(14-22)6-7-23-18-41-34(39)43-32(23)29-17-26-28(45(29)2)10-11-40-33(26)49/h3-5,8-9,14,16-18H,10-13,15,19-20H2,1-2H3,(H,40,49)(H,42,47)(H2,39,41,43). The number of piperazine rings is 1. The van der Waals surface area contributed by atoms with Gasteiger partial charge in [0.1, 0.15) is 5.69 Å². The molecule has 0 aliphatic carbocycles. The Kier molecular flexibility index (Phi) is 9.11. The first kappa shape index (κ1) is 33.2. The lowest BCUT2D eigenvalue weighted by Gasteiger charge is -2.32. The van der Waals surface area contributed by atoms with Crippen LogP contribution < -0.4 is 16.4 Å². The Balaban J connectivity index is 1.17. The minimum absolute atomic E-state index is 0.00237. The highest BCUT2D eigenvalue weighted by Crippen LogP contribution is 2.35. The molecule has 2 aromatic heterocycles. The first-order chi connectivity index (χ1) is 23.4. The van der Waals surface area contributed by atoms with Gasteiger partial charge in [0.25, 0.3) is 5.91 Å². The van der Waals surface area contributed by atoms with Crippen molar-refractivity contribution in [2.75, 3.05) is 44.3 Å². The smallest absolute Gasteiger partial charge is 0.368 e. The molecule has 1 fully saturated rings. The highest BCUT2D eigenvalue weighted by atomic mass is 19.4. The molecular formula is C35H33F3N8O3. The molecule has 1 saturated heterocycles. The van der Waals surface area contributed by atoms with Crippen LogP contribution in [0.5, 0.6) is 0 Å². The van der Waals surface area contributed by atoms with Gasteiger partial charge in [0.05, 0.1) is 35.3 Å². The average molecular weight is 671 g/mol. The molecule has 3 amide bonds. The Morgan fingerprint density at radius 2 is 1.90 bits per heavy atom. The number of alkyl halides is 3. The van der Waals surface area contributed by atoms with Crippen molar-refractivity contribution in [3.63, 3.8) is 0 Å². The number of nitrogens with one attached hydrogen (secondary N) is 2. The van der Waals surface area contributed by atoms with E-state index in [-0.39, 0.29) is 48.5 Å². The van der Waals surface area contributed by atoms with E-state index in [2.05, 4.69) is 32.4 Å². The second-order valence-corrected chi connectivity index (χ2v) is 12.0. The number of anilines is 2. The summed E-state index contributed by atoms with van der Waals surface area (Å²) in [5.41, 5.74) is 9.22. The quantitative estimate of drug-likeness (QED) is 0.268. The van der Waals surface area contributed by atoms with Gasteiger partial charge in [0.15, 0.2) is 0 Å². The maximum absolute atomic E-state index is 14.0. The zero-order valence-electron chi connectivity index (χ0n) is 26.8. The molecule has 2 aliphatic rings.